The van der Waals surface area contributed by atoms with Gasteiger partial charge in [0.15, 0.2) is 0 Å². The van der Waals surface area contributed by atoms with Crippen LogP contribution in [0.5, 0.6) is 0 Å². The highest BCUT2D eigenvalue weighted by atomic mass is 16.5. The molecule has 1 aliphatic rings. The van der Waals surface area contributed by atoms with E-state index >= 15 is 0 Å². The number of nitrogens with one attached hydrogen (secondary N) is 1. The van der Waals surface area contributed by atoms with Gasteiger partial charge in [-0.3, -0.25) is 4.79 Å². The summed E-state index contributed by atoms with van der Waals surface area (Å²) >= 11 is 0. The number of nitrogens with zero attached hydrogens (tertiary/aromatic N) is 1. The molecule has 0 spiro atoms. The molecule has 0 aliphatic carbocycles. The minimum absolute atomic E-state index is 0.0449. The van der Waals surface area contributed by atoms with Crippen LogP contribution in [0.15, 0.2) is 0 Å². The van der Waals surface area contributed by atoms with Crippen LogP contribution in [-0.2, 0) is 9.53 Å². The molecule has 0 bridgehead atoms. The largest absolute Gasteiger partial charge is 0.461 e. The maximum Gasteiger partial charge on any atom is 0.306 e. The lowest BCUT2D eigenvalue weighted by atomic mass is 10.1. The van der Waals surface area contributed by atoms with Gasteiger partial charge in [0.25, 0.3) is 0 Å². The van der Waals surface area contributed by atoms with Gasteiger partial charge in [-0.25, -0.2) is 5.32 Å². The molecule has 1 saturated heterocycles. The standard InChI is InChI=1S/C14H27N2O2/c1-3-5-6-7-8-14(17)18-13(4-2)12-11-15-9-10-16-12/h12-13,15H,3-11H2,1-2H3. The molecule has 2 atom stereocenters. The molecule has 1 radical (unpaired) electrons. The van der Waals surface area contributed by atoms with E-state index in [0.29, 0.717) is 6.42 Å². The van der Waals surface area contributed by atoms with E-state index in [1.807, 2.05) is 0 Å². The highest BCUT2D eigenvalue weighted by molar-refractivity contribution is 5.69. The van der Waals surface area contributed by atoms with Crippen molar-refractivity contribution < 1.29 is 9.53 Å². The molecule has 1 heterocycles. The van der Waals surface area contributed by atoms with Crippen molar-refractivity contribution in [1.82, 2.24) is 10.6 Å². The first-order chi connectivity index (χ1) is 8.77. The maximum absolute atomic E-state index is 11.7. The van der Waals surface area contributed by atoms with Gasteiger partial charge in [0.2, 0.25) is 0 Å². The maximum atomic E-state index is 11.7. The number of piperazine rings is 1. The Labute approximate surface area is 111 Å². The molecule has 0 aromatic rings. The van der Waals surface area contributed by atoms with Gasteiger partial charge in [-0.1, -0.05) is 33.1 Å². The monoisotopic (exact) mass is 255 g/mol. The van der Waals surface area contributed by atoms with Crippen LogP contribution in [0.2, 0.25) is 0 Å². The van der Waals surface area contributed by atoms with Crippen LogP contribution in [-0.4, -0.2) is 37.7 Å². The Hall–Kier alpha value is -0.610. The van der Waals surface area contributed by atoms with Crippen LogP contribution < -0.4 is 10.6 Å². The summed E-state index contributed by atoms with van der Waals surface area (Å²) in [6, 6.07) is 0.142. The van der Waals surface area contributed by atoms with Gasteiger partial charge in [-0.05, 0) is 12.8 Å². The van der Waals surface area contributed by atoms with Gasteiger partial charge in [0.05, 0.1) is 6.04 Å². The number of ether oxygens (including phenoxy) is 1. The predicted octanol–water partition coefficient (Wildman–Crippen LogP) is 1.85. The zero-order valence-corrected chi connectivity index (χ0v) is 11.8. The van der Waals surface area contributed by atoms with Gasteiger partial charge in [-0.2, -0.15) is 0 Å². The first-order valence-electron chi connectivity index (χ1n) is 7.34. The molecular weight excluding hydrogens is 228 g/mol. The van der Waals surface area contributed by atoms with Crippen molar-refractivity contribution in [2.75, 3.05) is 19.6 Å². The Morgan fingerprint density at radius 1 is 1.39 bits per heavy atom. The molecule has 1 fully saturated rings. The number of carbonyl (C=O) groups excluding carboxylic acids is 1. The Morgan fingerprint density at radius 3 is 2.83 bits per heavy atom. The molecule has 0 aromatic heterocycles. The lowest BCUT2D eigenvalue weighted by Crippen LogP contribution is -2.51. The van der Waals surface area contributed by atoms with Crippen molar-refractivity contribution in [3.8, 4) is 0 Å². The summed E-state index contributed by atoms with van der Waals surface area (Å²) in [5.41, 5.74) is 0. The molecule has 1 aliphatic heterocycles. The number of rotatable bonds is 8. The zero-order chi connectivity index (χ0) is 13.2. The average Bonchev–Trinajstić information content (AvgIpc) is 2.42. The molecule has 0 saturated carbocycles. The van der Waals surface area contributed by atoms with Crippen LogP contribution in [0.25, 0.3) is 0 Å². The number of hydrogen-bond donors (Lipinski definition) is 1. The molecule has 18 heavy (non-hydrogen) atoms. The summed E-state index contributed by atoms with van der Waals surface area (Å²) in [4.78, 5) is 11.7. The Kier molecular flexibility index (Phi) is 8.01. The van der Waals surface area contributed by atoms with E-state index in [4.69, 9.17) is 4.74 Å². The van der Waals surface area contributed by atoms with E-state index in [1.165, 1.54) is 12.8 Å². The zero-order valence-electron chi connectivity index (χ0n) is 11.8. The number of esters is 1. The molecule has 105 valence electrons. The Balaban J connectivity index is 2.22. The number of unbranched alkanes of at least 4 members (excludes halogenated alkanes) is 3. The third-order valence-electron chi connectivity index (χ3n) is 3.35. The van der Waals surface area contributed by atoms with Gasteiger partial charge < -0.3 is 10.1 Å². The first kappa shape index (κ1) is 15.4. The topological polar surface area (TPSA) is 52.4 Å². The fourth-order valence-corrected chi connectivity index (χ4v) is 2.23. The van der Waals surface area contributed by atoms with Crippen molar-refractivity contribution in [1.29, 1.82) is 0 Å². The smallest absolute Gasteiger partial charge is 0.306 e. The fourth-order valence-electron chi connectivity index (χ4n) is 2.23. The minimum atomic E-state index is -0.0567. The molecule has 4 heteroatoms. The number of carbonyl (C=O) groups is 1. The second-order valence-corrected chi connectivity index (χ2v) is 4.92. The summed E-state index contributed by atoms with van der Waals surface area (Å²) in [7, 11) is 0. The molecule has 2 unspecified atom stereocenters. The van der Waals surface area contributed by atoms with Crippen LogP contribution >= 0.6 is 0 Å². The number of hydrogen-bond acceptors (Lipinski definition) is 3. The summed E-state index contributed by atoms with van der Waals surface area (Å²) in [6.07, 6.45) is 5.82. The van der Waals surface area contributed by atoms with Gasteiger partial charge in [-0.15, -0.1) is 0 Å². The van der Waals surface area contributed by atoms with Crippen LogP contribution in [0.1, 0.15) is 52.4 Å². The second kappa shape index (κ2) is 9.34. The average molecular weight is 255 g/mol. The van der Waals surface area contributed by atoms with Gasteiger partial charge >= 0.3 is 5.97 Å². The van der Waals surface area contributed by atoms with Crippen molar-refractivity contribution in [2.24, 2.45) is 0 Å². The Bertz CT molecular complexity index is 228. The molecule has 0 amide bonds. The van der Waals surface area contributed by atoms with E-state index in [-0.39, 0.29) is 18.1 Å². The summed E-state index contributed by atoms with van der Waals surface area (Å²) < 4.78 is 5.55. The lowest BCUT2D eigenvalue weighted by Gasteiger charge is -2.29. The first-order valence-corrected chi connectivity index (χ1v) is 7.34. The molecular formula is C14H27N2O2. The predicted molar refractivity (Wildman–Crippen MR) is 72.6 cm³/mol. The Morgan fingerprint density at radius 2 is 2.22 bits per heavy atom. The van der Waals surface area contributed by atoms with Crippen molar-refractivity contribution in [2.45, 2.75) is 64.5 Å². The van der Waals surface area contributed by atoms with Gasteiger partial charge in [0, 0.05) is 26.1 Å². The minimum Gasteiger partial charge on any atom is -0.461 e. The van der Waals surface area contributed by atoms with Gasteiger partial charge in [0.1, 0.15) is 6.10 Å². The second-order valence-electron chi connectivity index (χ2n) is 4.92. The fraction of sp³-hybridized carbons (Fsp3) is 0.929. The summed E-state index contributed by atoms with van der Waals surface area (Å²) in [6.45, 7) is 6.83. The lowest BCUT2D eigenvalue weighted by molar-refractivity contribution is -0.151. The van der Waals surface area contributed by atoms with E-state index < -0.39 is 0 Å². The third-order valence-corrected chi connectivity index (χ3v) is 3.35. The van der Waals surface area contributed by atoms with Crippen LogP contribution in [0, 0.1) is 0 Å². The van der Waals surface area contributed by atoms with E-state index in [2.05, 4.69) is 24.5 Å². The quantitative estimate of drug-likeness (QED) is 0.532. The van der Waals surface area contributed by atoms with Crippen molar-refractivity contribution in [3.63, 3.8) is 0 Å². The highest BCUT2D eigenvalue weighted by Crippen LogP contribution is 2.10. The van der Waals surface area contributed by atoms with E-state index in [9.17, 15) is 4.79 Å². The van der Waals surface area contributed by atoms with E-state index in [1.54, 1.807) is 0 Å². The van der Waals surface area contributed by atoms with E-state index in [0.717, 1.165) is 38.9 Å². The molecule has 1 rings (SSSR count). The van der Waals surface area contributed by atoms with Crippen LogP contribution in [0.3, 0.4) is 0 Å². The molecule has 4 nitrogen and oxygen atoms in total. The normalized spacial score (nSPS) is 21.6. The van der Waals surface area contributed by atoms with Crippen molar-refractivity contribution >= 4 is 5.97 Å². The van der Waals surface area contributed by atoms with Crippen LogP contribution in [0.4, 0.5) is 0 Å². The molecule has 0 aromatic carbocycles. The SMILES string of the molecule is CCCCCCC(=O)OC(CC)C1CNCC[N]1. The third kappa shape index (κ3) is 5.83. The molecule has 1 N–H and O–H groups in total. The summed E-state index contributed by atoms with van der Waals surface area (Å²) in [5, 5.41) is 7.82. The van der Waals surface area contributed by atoms with Crippen molar-refractivity contribution in [3.05, 3.63) is 0 Å². The highest BCUT2D eigenvalue weighted by Gasteiger charge is 2.25. The summed E-state index contributed by atoms with van der Waals surface area (Å²) in [5.74, 6) is -0.0567.